The van der Waals surface area contributed by atoms with E-state index >= 15 is 0 Å². The first kappa shape index (κ1) is 27.6. The van der Waals surface area contributed by atoms with E-state index in [0.717, 1.165) is 5.69 Å². The number of carbonyl (C=O) groups excluding carboxylic acids is 1. The Morgan fingerprint density at radius 3 is 2.50 bits per heavy atom. The SMILES string of the molecule is CCOC(=O)C1=C(C)N=c2s/c(=C\c3cn(-c4ccccc4)nc3-c3ccc(F)cc3)c(=O)n2C1c1ccccc1Cl. The van der Waals surface area contributed by atoms with E-state index < -0.39 is 12.0 Å². The Morgan fingerprint density at radius 2 is 1.79 bits per heavy atom. The van der Waals surface area contributed by atoms with Crippen molar-refractivity contribution in [2.24, 2.45) is 4.99 Å². The molecule has 10 heteroatoms. The Balaban J connectivity index is 1.57. The minimum absolute atomic E-state index is 0.173. The first-order chi connectivity index (χ1) is 20.4. The van der Waals surface area contributed by atoms with Crippen molar-refractivity contribution >= 4 is 35.0 Å². The lowest BCUT2D eigenvalue weighted by atomic mass is 9.96. The van der Waals surface area contributed by atoms with Crippen molar-refractivity contribution in [3.8, 4) is 16.9 Å². The van der Waals surface area contributed by atoms with Crippen molar-refractivity contribution in [2.75, 3.05) is 6.61 Å². The largest absolute Gasteiger partial charge is 0.463 e. The maximum absolute atomic E-state index is 14.1. The van der Waals surface area contributed by atoms with Crippen LogP contribution in [0.4, 0.5) is 4.39 Å². The molecule has 2 aromatic heterocycles. The van der Waals surface area contributed by atoms with Crippen molar-refractivity contribution in [3.63, 3.8) is 0 Å². The summed E-state index contributed by atoms with van der Waals surface area (Å²) in [5, 5.41) is 5.19. The number of esters is 1. The van der Waals surface area contributed by atoms with Gasteiger partial charge in [-0.1, -0.05) is 59.3 Å². The van der Waals surface area contributed by atoms with Crippen LogP contribution in [0.3, 0.4) is 0 Å². The standard InChI is InChI=1S/C32H24ClFN4O3S/c1-3-41-31(40)27-19(2)35-32-38(29(27)24-11-7-8-12-25(24)33)30(39)26(42-32)17-21-18-37(23-9-5-4-6-10-23)36-28(21)20-13-15-22(34)16-14-20/h4-18,29H,3H2,1-2H3/b26-17-. The van der Waals surface area contributed by atoms with Gasteiger partial charge < -0.3 is 4.74 Å². The number of thiazole rings is 1. The topological polar surface area (TPSA) is 78.5 Å². The Kier molecular flexibility index (Phi) is 7.45. The zero-order valence-electron chi connectivity index (χ0n) is 22.6. The highest BCUT2D eigenvalue weighted by Crippen LogP contribution is 2.34. The number of hydrogen-bond donors (Lipinski definition) is 0. The summed E-state index contributed by atoms with van der Waals surface area (Å²) in [6, 6.07) is 21.9. The van der Waals surface area contributed by atoms with Crippen LogP contribution >= 0.6 is 22.9 Å². The zero-order valence-corrected chi connectivity index (χ0v) is 24.2. The Morgan fingerprint density at radius 1 is 1.07 bits per heavy atom. The number of para-hydroxylation sites is 1. The molecule has 0 bridgehead atoms. The van der Waals surface area contributed by atoms with Gasteiger partial charge >= 0.3 is 5.97 Å². The van der Waals surface area contributed by atoms with Crippen molar-refractivity contribution in [1.29, 1.82) is 0 Å². The normalized spacial score (nSPS) is 15.0. The zero-order chi connectivity index (χ0) is 29.4. The second-order valence-electron chi connectivity index (χ2n) is 9.54. The summed E-state index contributed by atoms with van der Waals surface area (Å²) in [7, 11) is 0. The third-order valence-corrected chi connectivity index (χ3v) is 8.21. The molecule has 42 heavy (non-hydrogen) atoms. The second kappa shape index (κ2) is 11.3. The van der Waals surface area contributed by atoms with Gasteiger partial charge in [0.05, 0.1) is 28.1 Å². The number of benzene rings is 3. The molecular formula is C32H24ClFN4O3S. The molecule has 0 spiro atoms. The van der Waals surface area contributed by atoms with Crippen LogP contribution in [-0.2, 0) is 9.53 Å². The number of fused-ring (bicyclic) bond motifs is 1. The van der Waals surface area contributed by atoms with Crippen LogP contribution in [0.1, 0.15) is 31.0 Å². The molecular weight excluding hydrogens is 575 g/mol. The number of rotatable bonds is 6. The van der Waals surface area contributed by atoms with Crippen molar-refractivity contribution in [3.05, 3.63) is 138 Å². The van der Waals surface area contributed by atoms with Gasteiger partial charge in [0.15, 0.2) is 4.80 Å². The van der Waals surface area contributed by atoms with Crippen LogP contribution in [-0.4, -0.2) is 26.9 Å². The van der Waals surface area contributed by atoms with Crippen LogP contribution in [0.25, 0.3) is 23.0 Å². The predicted molar refractivity (Wildman–Crippen MR) is 161 cm³/mol. The van der Waals surface area contributed by atoms with Gasteiger partial charge in [0, 0.05) is 22.3 Å². The smallest absolute Gasteiger partial charge is 0.338 e. The van der Waals surface area contributed by atoms with Gasteiger partial charge in [-0.05, 0) is 68.0 Å². The second-order valence-corrected chi connectivity index (χ2v) is 11.0. The molecule has 3 heterocycles. The van der Waals surface area contributed by atoms with Crippen LogP contribution in [0, 0.1) is 5.82 Å². The molecule has 7 nitrogen and oxygen atoms in total. The van der Waals surface area contributed by atoms with E-state index in [-0.39, 0.29) is 23.6 Å². The fourth-order valence-corrected chi connectivity index (χ4v) is 6.24. The molecule has 0 fully saturated rings. The summed E-state index contributed by atoms with van der Waals surface area (Å²) < 4.78 is 22.7. The number of ether oxygens (including phenoxy) is 1. The number of aromatic nitrogens is 3. The maximum Gasteiger partial charge on any atom is 0.338 e. The Bertz CT molecular complexity index is 2030. The number of hydrogen-bond acceptors (Lipinski definition) is 6. The van der Waals surface area contributed by atoms with Gasteiger partial charge in [0.2, 0.25) is 0 Å². The third kappa shape index (κ3) is 5.01. The molecule has 0 radical (unpaired) electrons. The molecule has 1 aliphatic heterocycles. The van der Waals surface area contributed by atoms with E-state index in [1.165, 1.54) is 28.0 Å². The average Bonchev–Trinajstić information content (AvgIpc) is 3.54. The van der Waals surface area contributed by atoms with E-state index in [2.05, 4.69) is 4.99 Å². The summed E-state index contributed by atoms with van der Waals surface area (Å²) in [5.41, 5.74) is 3.73. The minimum atomic E-state index is -0.820. The maximum atomic E-state index is 14.1. The van der Waals surface area contributed by atoms with Crippen LogP contribution < -0.4 is 14.9 Å². The number of halogens is 2. The molecule has 0 aliphatic carbocycles. The number of carbonyl (C=O) groups is 1. The molecule has 0 saturated carbocycles. The quantitative estimate of drug-likeness (QED) is 0.244. The molecule has 0 saturated heterocycles. The van der Waals surface area contributed by atoms with E-state index in [4.69, 9.17) is 21.4 Å². The highest BCUT2D eigenvalue weighted by Gasteiger charge is 2.34. The Hall–Kier alpha value is -4.60. The van der Waals surface area contributed by atoms with Gasteiger partial charge in [0.1, 0.15) is 17.6 Å². The lowest BCUT2D eigenvalue weighted by Crippen LogP contribution is -2.40. The molecule has 6 rings (SSSR count). The summed E-state index contributed by atoms with van der Waals surface area (Å²) in [4.78, 5) is 32.3. The fourth-order valence-electron chi connectivity index (χ4n) is 4.96. The summed E-state index contributed by atoms with van der Waals surface area (Å²) in [6.07, 6.45) is 3.58. The number of nitrogens with zero attached hydrogens (tertiary/aromatic N) is 4. The summed E-state index contributed by atoms with van der Waals surface area (Å²) in [5.74, 6) is -0.913. The Labute approximate surface area is 249 Å². The third-order valence-electron chi connectivity index (χ3n) is 6.88. The van der Waals surface area contributed by atoms with Gasteiger partial charge in [-0.2, -0.15) is 5.10 Å². The van der Waals surface area contributed by atoms with E-state index in [0.29, 0.717) is 42.4 Å². The molecule has 3 aromatic carbocycles. The van der Waals surface area contributed by atoms with Crippen LogP contribution in [0.5, 0.6) is 0 Å². The molecule has 1 unspecified atom stereocenters. The average molecular weight is 599 g/mol. The van der Waals surface area contributed by atoms with E-state index in [9.17, 15) is 14.0 Å². The van der Waals surface area contributed by atoms with Crippen molar-refractivity contribution < 1.29 is 13.9 Å². The van der Waals surface area contributed by atoms with Gasteiger partial charge in [-0.3, -0.25) is 9.36 Å². The predicted octanol–water partition coefficient (Wildman–Crippen LogP) is 5.44. The summed E-state index contributed by atoms with van der Waals surface area (Å²) in [6.45, 7) is 3.62. The summed E-state index contributed by atoms with van der Waals surface area (Å²) >= 11 is 7.81. The van der Waals surface area contributed by atoms with Crippen molar-refractivity contribution in [2.45, 2.75) is 19.9 Å². The van der Waals surface area contributed by atoms with Gasteiger partial charge in [-0.25, -0.2) is 18.9 Å². The molecule has 210 valence electrons. The van der Waals surface area contributed by atoms with E-state index in [1.807, 2.05) is 42.6 Å². The molecule has 5 aromatic rings. The lowest BCUT2D eigenvalue weighted by molar-refractivity contribution is -0.139. The van der Waals surface area contributed by atoms with Crippen LogP contribution in [0.2, 0.25) is 5.02 Å². The minimum Gasteiger partial charge on any atom is -0.463 e. The van der Waals surface area contributed by atoms with Gasteiger partial charge in [-0.15, -0.1) is 0 Å². The fraction of sp³-hybridized carbons (Fsp3) is 0.125. The van der Waals surface area contributed by atoms with Crippen molar-refractivity contribution in [1.82, 2.24) is 14.3 Å². The number of allylic oxidation sites excluding steroid dienone is 1. The monoisotopic (exact) mass is 598 g/mol. The van der Waals surface area contributed by atoms with E-state index in [1.54, 1.807) is 54.9 Å². The highest BCUT2D eigenvalue weighted by atomic mass is 35.5. The first-order valence-electron chi connectivity index (χ1n) is 13.2. The first-order valence-corrected chi connectivity index (χ1v) is 14.4. The lowest BCUT2D eigenvalue weighted by Gasteiger charge is -2.25. The van der Waals surface area contributed by atoms with Gasteiger partial charge in [0.25, 0.3) is 5.56 Å². The molecule has 1 aliphatic rings. The highest BCUT2D eigenvalue weighted by molar-refractivity contribution is 7.07. The molecule has 1 atom stereocenters. The molecule has 0 amide bonds. The molecule has 0 N–H and O–H groups in total. The van der Waals surface area contributed by atoms with Crippen LogP contribution in [0.15, 0.2) is 106 Å².